The van der Waals surface area contributed by atoms with Crippen molar-refractivity contribution < 1.29 is 4.79 Å². The molecule has 4 heteroatoms. The molecule has 0 bridgehead atoms. The minimum absolute atomic E-state index is 0.0620. The van der Waals surface area contributed by atoms with Gasteiger partial charge in [0.1, 0.15) is 0 Å². The van der Waals surface area contributed by atoms with Crippen LogP contribution in [-0.4, -0.2) is 18.5 Å². The number of para-hydroxylation sites is 1. The van der Waals surface area contributed by atoms with Crippen molar-refractivity contribution >= 4 is 33.2 Å². The number of carbonyl (C=O) groups is 1. The van der Waals surface area contributed by atoms with Crippen molar-refractivity contribution in [3.63, 3.8) is 0 Å². The summed E-state index contributed by atoms with van der Waals surface area (Å²) < 4.78 is 1.02. The number of nitrogens with zero attached hydrogens (tertiary/aromatic N) is 1. The molecule has 0 aliphatic carbocycles. The first kappa shape index (κ1) is 16.1. The van der Waals surface area contributed by atoms with Gasteiger partial charge in [-0.05, 0) is 55.7 Å². The SMILES string of the molecule is Cc1cc(Br)ccc1NC(=O)CCN1c2ccccc2CC1C. The van der Waals surface area contributed by atoms with E-state index >= 15 is 0 Å². The molecule has 2 aromatic carbocycles. The van der Waals surface area contributed by atoms with Crippen molar-refractivity contribution in [2.75, 3.05) is 16.8 Å². The van der Waals surface area contributed by atoms with E-state index in [4.69, 9.17) is 0 Å². The van der Waals surface area contributed by atoms with E-state index in [1.54, 1.807) is 0 Å². The summed E-state index contributed by atoms with van der Waals surface area (Å²) in [6.07, 6.45) is 1.55. The fourth-order valence-electron chi connectivity index (χ4n) is 3.17. The summed E-state index contributed by atoms with van der Waals surface area (Å²) in [7, 11) is 0. The number of anilines is 2. The van der Waals surface area contributed by atoms with Crippen molar-refractivity contribution in [2.24, 2.45) is 0 Å². The predicted octanol–water partition coefficient (Wildman–Crippen LogP) is 4.54. The van der Waals surface area contributed by atoms with Gasteiger partial charge in [-0.25, -0.2) is 0 Å². The Balaban J connectivity index is 1.61. The zero-order valence-corrected chi connectivity index (χ0v) is 15.1. The maximum Gasteiger partial charge on any atom is 0.226 e. The largest absolute Gasteiger partial charge is 0.368 e. The standard InChI is InChI=1S/C19H21BrN2O/c1-13-11-16(20)7-8-17(13)21-19(23)9-10-22-14(2)12-15-5-3-4-6-18(15)22/h3-8,11,14H,9-10,12H2,1-2H3,(H,21,23). The Morgan fingerprint density at radius 2 is 2.09 bits per heavy atom. The van der Waals surface area contributed by atoms with Gasteiger partial charge in [0.15, 0.2) is 0 Å². The first-order valence-corrected chi connectivity index (χ1v) is 8.74. The van der Waals surface area contributed by atoms with E-state index in [2.05, 4.69) is 57.3 Å². The molecular formula is C19H21BrN2O. The molecule has 1 aliphatic heterocycles. The van der Waals surface area contributed by atoms with Crippen molar-refractivity contribution in [1.29, 1.82) is 0 Å². The summed E-state index contributed by atoms with van der Waals surface area (Å²) in [6.45, 7) is 4.97. The van der Waals surface area contributed by atoms with Gasteiger partial charge < -0.3 is 10.2 Å². The Bertz CT molecular complexity index is 729. The Kier molecular flexibility index (Phi) is 4.71. The van der Waals surface area contributed by atoms with E-state index in [9.17, 15) is 4.79 Å². The zero-order valence-electron chi connectivity index (χ0n) is 13.5. The Hall–Kier alpha value is -1.81. The van der Waals surface area contributed by atoms with Crippen LogP contribution >= 0.6 is 15.9 Å². The van der Waals surface area contributed by atoms with E-state index < -0.39 is 0 Å². The fraction of sp³-hybridized carbons (Fsp3) is 0.316. The maximum absolute atomic E-state index is 12.3. The monoisotopic (exact) mass is 372 g/mol. The Morgan fingerprint density at radius 3 is 2.87 bits per heavy atom. The number of halogens is 1. The molecule has 0 aromatic heterocycles. The van der Waals surface area contributed by atoms with Crippen LogP contribution in [0.5, 0.6) is 0 Å². The lowest BCUT2D eigenvalue weighted by molar-refractivity contribution is -0.116. The van der Waals surface area contributed by atoms with Crippen LogP contribution in [-0.2, 0) is 11.2 Å². The first-order chi connectivity index (χ1) is 11.0. The summed E-state index contributed by atoms with van der Waals surface area (Å²) in [5.74, 6) is 0.0620. The number of benzene rings is 2. The van der Waals surface area contributed by atoms with Gasteiger partial charge >= 0.3 is 0 Å². The molecule has 0 fully saturated rings. The number of fused-ring (bicyclic) bond motifs is 1. The molecule has 1 N–H and O–H groups in total. The molecule has 3 nitrogen and oxygen atoms in total. The average Bonchev–Trinajstić information content (AvgIpc) is 2.83. The van der Waals surface area contributed by atoms with Crippen molar-refractivity contribution in [3.05, 3.63) is 58.1 Å². The topological polar surface area (TPSA) is 32.3 Å². The summed E-state index contributed by atoms with van der Waals surface area (Å²) >= 11 is 3.44. The van der Waals surface area contributed by atoms with Gasteiger partial charge in [-0.1, -0.05) is 34.1 Å². The molecular weight excluding hydrogens is 352 g/mol. The van der Waals surface area contributed by atoms with Gasteiger partial charge in [0.25, 0.3) is 0 Å². The Morgan fingerprint density at radius 1 is 1.30 bits per heavy atom. The van der Waals surface area contributed by atoms with Crippen LogP contribution in [0.25, 0.3) is 0 Å². The minimum Gasteiger partial charge on any atom is -0.368 e. The molecule has 0 saturated carbocycles. The van der Waals surface area contributed by atoms with Gasteiger partial charge in [-0.15, -0.1) is 0 Å². The molecule has 1 heterocycles. The Labute approximate surface area is 145 Å². The van der Waals surface area contributed by atoms with Gasteiger partial charge in [0.05, 0.1) is 0 Å². The lowest BCUT2D eigenvalue weighted by atomic mass is 10.1. The average molecular weight is 373 g/mol. The third-order valence-corrected chi connectivity index (χ3v) is 4.88. The van der Waals surface area contributed by atoms with Crippen LogP contribution in [0.15, 0.2) is 46.9 Å². The van der Waals surface area contributed by atoms with Crippen LogP contribution in [0.4, 0.5) is 11.4 Å². The van der Waals surface area contributed by atoms with E-state index in [1.807, 2.05) is 25.1 Å². The maximum atomic E-state index is 12.3. The van der Waals surface area contributed by atoms with E-state index in [0.29, 0.717) is 12.5 Å². The predicted molar refractivity (Wildman–Crippen MR) is 99.1 cm³/mol. The van der Waals surface area contributed by atoms with Crippen LogP contribution < -0.4 is 10.2 Å². The highest BCUT2D eigenvalue weighted by Gasteiger charge is 2.25. The number of rotatable bonds is 4. The highest BCUT2D eigenvalue weighted by molar-refractivity contribution is 9.10. The number of aryl methyl sites for hydroxylation is 1. The minimum atomic E-state index is 0.0620. The molecule has 1 aliphatic rings. The molecule has 1 atom stereocenters. The highest BCUT2D eigenvalue weighted by atomic mass is 79.9. The lowest BCUT2D eigenvalue weighted by Crippen LogP contribution is -2.32. The zero-order chi connectivity index (χ0) is 16.4. The smallest absolute Gasteiger partial charge is 0.226 e. The van der Waals surface area contributed by atoms with Crippen LogP contribution in [0, 0.1) is 6.92 Å². The highest BCUT2D eigenvalue weighted by Crippen LogP contribution is 2.31. The van der Waals surface area contributed by atoms with Gasteiger partial charge in [-0.2, -0.15) is 0 Å². The van der Waals surface area contributed by atoms with Crippen LogP contribution in [0.3, 0.4) is 0 Å². The molecule has 23 heavy (non-hydrogen) atoms. The second-order valence-electron chi connectivity index (χ2n) is 6.13. The van der Waals surface area contributed by atoms with Gasteiger partial charge in [0, 0.05) is 34.9 Å². The lowest BCUT2D eigenvalue weighted by Gasteiger charge is -2.24. The normalized spacial score (nSPS) is 16.3. The number of nitrogens with one attached hydrogen (secondary N) is 1. The quantitative estimate of drug-likeness (QED) is 0.854. The van der Waals surface area contributed by atoms with Crippen LogP contribution in [0.1, 0.15) is 24.5 Å². The summed E-state index contributed by atoms with van der Waals surface area (Å²) in [5, 5.41) is 3.01. The molecule has 2 aromatic rings. The van der Waals surface area contributed by atoms with Crippen LogP contribution in [0.2, 0.25) is 0 Å². The number of hydrogen-bond donors (Lipinski definition) is 1. The van der Waals surface area contributed by atoms with Crippen molar-refractivity contribution in [2.45, 2.75) is 32.7 Å². The molecule has 0 radical (unpaired) electrons. The molecule has 120 valence electrons. The third-order valence-electron chi connectivity index (χ3n) is 4.39. The summed E-state index contributed by atoms with van der Waals surface area (Å²) in [6, 6.07) is 14.8. The number of carbonyl (C=O) groups excluding carboxylic acids is 1. The van der Waals surface area contributed by atoms with E-state index in [-0.39, 0.29) is 5.91 Å². The summed E-state index contributed by atoms with van der Waals surface area (Å²) in [5.41, 5.74) is 4.59. The molecule has 0 spiro atoms. The van der Waals surface area contributed by atoms with Crippen molar-refractivity contribution in [1.82, 2.24) is 0 Å². The first-order valence-electron chi connectivity index (χ1n) is 7.95. The second-order valence-corrected chi connectivity index (χ2v) is 7.05. The number of hydrogen-bond acceptors (Lipinski definition) is 2. The molecule has 1 amide bonds. The number of amides is 1. The second kappa shape index (κ2) is 6.75. The van der Waals surface area contributed by atoms with Crippen molar-refractivity contribution in [3.8, 4) is 0 Å². The van der Waals surface area contributed by atoms with E-state index in [1.165, 1.54) is 11.3 Å². The molecule has 0 saturated heterocycles. The molecule has 1 unspecified atom stereocenters. The fourth-order valence-corrected chi connectivity index (χ4v) is 3.65. The summed E-state index contributed by atoms with van der Waals surface area (Å²) in [4.78, 5) is 14.6. The van der Waals surface area contributed by atoms with Gasteiger partial charge in [0.2, 0.25) is 5.91 Å². The van der Waals surface area contributed by atoms with E-state index in [0.717, 1.165) is 28.7 Å². The van der Waals surface area contributed by atoms with Gasteiger partial charge in [-0.3, -0.25) is 4.79 Å². The third kappa shape index (κ3) is 3.58. The molecule has 3 rings (SSSR count).